The first kappa shape index (κ1) is 19.0. The minimum absolute atomic E-state index is 0.00825. The van der Waals surface area contributed by atoms with Gasteiger partial charge in [0.1, 0.15) is 18.3 Å². The highest BCUT2D eigenvalue weighted by molar-refractivity contribution is 6.09. The molecule has 1 heterocycles. The predicted molar refractivity (Wildman–Crippen MR) is 101 cm³/mol. The van der Waals surface area contributed by atoms with E-state index >= 15 is 0 Å². The molecule has 6 heteroatoms. The van der Waals surface area contributed by atoms with Crippen LogP contribution in [-0.4, -0.2) is 39.1 Å². The summed E-state index contributed by atoms with van der Waals surface area (Å²) in [6.07, 6.45) is 1.68. The molecule has 1 aromatic carbocycles. The lowest BCUT2D eigenvalue weighted by atomic mass is 9.98. The van der Waals surface area contributed by atoms with Crippen LogP contribution in [0.1, 0.15) is 29.5 Å². The molecule has 6 nitrogen and oxygen atoms in total. The molecule has 25 heavy (non-hydrogen) atoms. The molecule has 1 fully saturated rings. The van der Waals surface area contributed by atoms with E-state index in [1.54, 1.807) is 7.05 Å². The fraction of sp³-hybridized carbons (Fsp3) is 0.474. The number of carbonyl (C=O) groups is 1. The molecule has 0 aromatic heterocycles. The number of nitrogens with one attached hydrogen (secondary N) is 3. The number of amidine groups is 1. The van der Waals surface area contributed by atoms with Crippen LogP contribution in [0.3, 0.4) is 0 Å². The second-order valence-electron chi connectivity index (χ2n) is 6.44. The van der Waals surface area contributed by atoms with Gasteiger partial charge in [0, 0.05) is 32.0 Å². The number of aryl methyl sites for hydroxylation is 3. The van der Waals surface area contributed by atoms with E-state index in [1.165, 1.54) is 12.7 Å². The quantitative estimate of drug-likeness (QED) is 0.766. The summed E-state index contributed by atoms with van der Waals surface area (Å²) in [5.74, 6) is 0.787. The van der Waals surface area contributed by atoms with Crippen molar-refractivity contribution >= 4 is 17.4 Å². The van der Waals surface area contributed by atoms with E-state index in [2.05, 4.69) is 43.5 Å². The van der Waals surface area contributed by atoms with E-state index in [0.29, 0.717) is 11.7 Å². The van der Waals surface area contributed by atoms with Crippen LogP contribution < -0.4 is 15.5 Å². The van der Waals surface area contributed by atoms with Crippen molar-refractivity contribution in [2.24, 2.45) is 0 Å². The summed E-state index contributed by atoms with van der Waals surface area (Å²) in [5.41, 5.74) is 5.46. The lowest BCUT2D eigenvalue weighted by molar-refractivity contribution is -0.124. The Morgan fingerprint density at radius 2 is 1.92 bits per heavy atom. The molecule has 0 aliphatic carbocycles. The minimum atomic E-state index is -0.230. The number of methoxy groups -OCH3 is 1. The summed E-state index contributed by atoms with van der Waals surface area (Å²) in [4.78, 5) is 13.9. The first-order valence-corrected chi connectivity index (χ1v) is 8.53. The Morgan fingerprint density at radius 3 is 2.48 bits per heavy atom. The van der Waals surface area contributed by atoms with Gasteiger partial charge in [-0.15, -0.1) is 0 Å². The van der Waals surface area contributed by atoms with Gasteiger partial charge < -0.3 is 20.3 Å². The van der Waals surface area contributed by atoms with Crippen molar-refractivity contribution in [3.05, 3.63) is 40.2 Å². The Hall–Kier alpha value is -2.34. The molecule has 1 aliphatic heterocycles. The molecule has 136 valence electrons. The van der Waals surface area contributed by atoms with Crippen molar-refractivity contribution in [3.8, 4) is 0 Å². The third kappa shape index (κ3) is 4.20. The summed E-state index contributed by atoms with van der Waals surface area (Å²) in [5, 5.41) is 14.6. The molecule has 0 spiro atoms. The van der Waals surface area contributed by atoms with E-state index in [1.807, 2.05) is 4.90 Å². The van der Waals surface area contributed by atoms with Crippen molar-refractivity contribution in [2.45, 2.75) is 33.6 Å². The van der Waals surface area contributed by atoms with Gasteiger partial charge in [-0.2, -0.15) is 0 Å². The average molecular weight is 344 g/mol. The van der Waals surface area contributed by atoms with Gasteiger partial charge in [0.15, 0.2) is 0 Å². The predicted octanol–water partition coefficient (Wildman–Crippen LogP) is 2.38. The number of benzene rings is 1. The Morgan fingerprint density at radius 1 is 1.28 bits per heavy atom. The van der Waals surface area contributed by atoms with Crippen LogP contribution in [0.2, 0.25) is 0 Å². The van der Waals surface area contributed by atoms with Gasteiger partial charge >= 0.3 is 0 Å². The molecular formula is C19H28N4O2. The SMILES string of the molecule is CN/C(NC(=O)COC)=C1/CCCN(c2c(C)cc(C)cc2C)C1=N. The molecule has 1 aliphatic rings. The number of carbonyl (C=O) groups excluding carboxylic acids is 1. The van der Waals surface area contributed by atoms with Crippen LogP contribution in [-0.2, 0) is 9.53 Å². The van der Waals surface area contributed by atoms with Crippen molar-refractivity contribution < 1.29 is 9.53 Å². The molecule has 1 amide bonds. The number of amides is 1. The van der Waals surface area contributed by atoms with Crippen molar-refractivity contribution in [1.29, 1.82) is 5.41 Å². The second kappa shape index (κ2) is 8.16. The third-order valence-corrected chi connectivity index (χ3v) is 4.36. The topological polar surface area (TPSA) is 77.5 Å². The summed E-state index contributed by atoms with van der Waals surface area (Å²) in [6, 6.07) is 4.29. The molecule has 1 aromatic rings. The molecule has 0 bridgehead atoms. The van der Waals surface area contributed by atoms with E-state index in [-0.39, 0.29) is 12.5 Å². The summed E-state index contributed by atoms with van der Waals surface area (Å²) >= 11 is 0. The van der Waals surface area contributed by atoms with Gasteiger partial charge in [0.2, 0.25) is 0 Å². The minimum Gasteiger partial charge on any atom is -0.375 e. The highest BCUT2D eigenvalue weighted by Crippen LogP contribution is 2.31. The summed E-state index contributed by atoms with van der Waals surface area (Å²) < 4.78 is 4.87. The molecule has 0 atom stereocenters. The zero-order valence-electron chi connectivity index (χ0n) is 15.7. The smallest absolute Gasteiger partial charge is 0.251 e. The van der Waals surface area contributed by atoms with Crippen LogP contribution in [0, 0.1) is 26.2 Å². The van der Waals surface area contributed by atoms with Crippen molar-refractivity contribution in [2.75, 3.05) is 32.2 Å². The number of piperidine rings is 1. The number of nitrogens with zero attached hydrogens (tertiary/aromatic N) is 1. The lowest BCUT2D eigenvalue weighted by Gasteiger charge is -2.34. The molecular weight excluding hydrogens is 316 g/mol. The summed E-state index contributed by atoms with van der Waals surface area (Å²) in [7, 11) is 3.24. The normalized spacial score (nSPS) is 16.7. The summed E-state index contributed by atoms with van der Waals surface area (Å²) in [6.45, 7) is 7.04. The van der Waals surface area contributed by atoms with Crippen LogP contribution in [0.4, 0.5) is 5.69 Å². The number of anilines is 1. The zero-order valence-corrected chi connectivity index (χ0v) is 15.7. The maximum atomic E-state index is 11.9. The largest absolute Gasteiger partial charge is 0.375 e. The van der Waals surface area contributed by atoms with E-state index in [9.17, 15) is 4.79 Å². The third-order valence-electron chi connectivity index (χ3n) is 4.36. The average Bonchev–Trinajstić information content (AvgIpc) is 2.54. The Bertz CT molecular complexity index is 686. The Labute approximate surface area is 149 Å². The van der Waals surface area contributed by atoms with Gasteiger partial charge in [-0.1, -0.05) is 17.7 Å². The van der Waals surface area contributed by atoms with Gasteiger partial charge in [-0.05, 0) is 44.7 Å². The van der Waals surface area contributed by atoms with Crippen LogP contribution >= 0.6 is 0 Å². The highest BCUT2D eigenvalue weighted by atomic mass is 16.5. The first-order chi connectivity index (χ1) is 11.9. The van der Waals surface area contributed by atoms with E-state index in [0.717, 1.165) is 41.8 Å². The van der Waals surface area contributed by atoms with E-state index < -0.39 is 0 Å². The monoisotopic (exact) mass is 344 g/mol. The van der Waals surface area contributed by atoms with E-state index in [4.69, 9.17) is 10.1 Å². The highest BCUT2D eigenvalue weighted by Gasteiger charge is 2.26. The van der Waals surface area contributed by atoms with Crippen molar-refractivity contribution in [1.82, 2.24) is 10.6 Å². The Balaban J connectivity index is 2.37. The fourth-order valence-electron chi connectivity index (χ4n) is 3.47. The molecule has 1 saturated heterocycles. The van der Waals surface area contributed by atoms with Crippen molar-refractivity contribution in [3.63, 3.8) is 0 Å². The molecule has 0 radical (unpaired) electrons. The second-order valence-corrected chi connectivity index (χ2v) is 6.44. The van der Waals surface area contributed by atoms with Crippen LogP contribution in [0.15, 0.2) is 23.5 Å². The maximum Gasteiger partial charge on any atom is 0.251 e. The Kier molecular flexibility index (Phi) is 6.20. The van der Waals surface area contributed by atoms with Crippen LogP contribution in [0.5, 0.6) is 0 Å². The number of rotatable bonds is 5. The number of hydrogen-bond donors (Lipinski definition) is 3. The number of hydrogen-bond acceptors (Lipinski definition) is 4. The van der Waals surface area contributed by atoms with Gasteiger partial charge in [-0.3, -0.25) is 10.2 Å². The van der Waals surface area contributed by atoms with Gasteiger partial charge in [0.05, 0.1) is 0 Å². The van der Waals surface area contributed by atoms with Gasteiger partial charge in [-0.25, -0.2) is 0 Å². The zero-order chi connectivity index (χ0) is 18.6. The molecule has 2 rings (SSSR count). The first-order valence-electron chi connectivity index (χ1n) is 8.53. The fourth-order valence-corrected chi connectivity index (χ4v) is 3.47. The number of ether oxygens (including phenoxy) is 1. The molecule has 0 saturated carbocycles. The standard InChI is InChI=1S/C19H28N4O2/c1-12-9-13(2)17(14(3)10-12)23-8-6-7-15(18(23)20)19(21-4)22-16(24)11-25-5/h9-10,20-21H,6-8,11H2,1-5H3,(H,22,24)/b19-15+,20-18?. The van der Waals surface area contributed by atoms with Crippen LogP contribution in [0.25, 0.3) is 0 Å². The van der Waals surface area contributed by atoms with Gasteiger partial charge in [0.25, 0.3) is 5.91 Å². The molecule has 3 N–H and O–H groups in total. The molecule has 0 unspecified atom stereocenters. The maximum absolute atomic E-state index is 11.9. The lowest BCUT2D eigenvalue weighted by Crippen LogP contribution is -2.42.